The van der Waals surface area contributed by atoms with Crippen LogP contribution in [0.5, 0.6) is 11.5 Å². The van der Waals surface area contributed by atoms with Gasteiger partial charge in [-0.2, -0.15) is 5.10 Å². The Hall–Kier alpha value is -1.86. The Balaban J connectivity index is 1.88. The number of aryl methyl sites for hydroxylation is 1. The van der Waals surface area contributed by atoms with E-state index in [0.29, 0.717) is 11.5 Å². The summed E-state index contributed by atoms with van der Waals surface area (Å²) in [5.41, 5.74) is 4.30. The van der Waals surface area contributed by atoms with E-state index in [1.54, 1.807) is 19.4 Å². The van der Waals surface area contributed by atoms with Crippen LogP contribution in [0.15, 0.2) is 50.4 Å². The molecule has 7 heteroatoms. The summed E-state index contributed by atoms with van der Waals surface area (Å²) in [6.07, 6.45) is 1.54. The zero-order valence-electron chi connectivity index (χ0n) is 13.2. The highest BCUT2D eigenvalue weighted by molar-refractivity contribution is 9.11. The van der Waals surface area contributed by atoms with Crippen LogP contribution in [0, 0.1) is 6.92 Å². The number of carbonyl (C=O) groups is 1. The minimum Gasteiger partial charge on any atom is -0.494 e. The van der Waals surface area contributed by atoms with Gasteiger partial charge in [-0.15, -0.1) is 0 Å². The topological polar surface area (TPSA) is 59.9 Å². The second kappa shape index (κ2) is 8.84. The SMILES string of the molecule is COc1c(Br)cc(/C=N\NC(=O)COc2cccc(C)c2)cc1Br. The van der Waals surface area contributed by atoms with Gasteiger partial charge < -0.3 is 9.47 Å². The molecule has 0 atom stereocenters. The van der Waals surface area contributed by atoms with E-state index < -0.39 is 0 Å². The number of rotatable bonds is 6. The average molecular weight is 456 g/mol. The fourth-order valence-corrected chi connectivity index (χ4v) is 3.46. The molecule has 0 radical (unpaired) electrons. The first-order valence-electron chi connectivity index (χ1n) is 7.04. The number of nitrogens with zero attached hydrogens (tertiary/aromatic N) is 1. The molecule has 2 aromatic carbocycles. The average Bonchev–Trinajstić information content (AvgIpc) is 2.53. The molecule has 1 N–H and O–H groups in total. The van der Waals surface area contributed by atoms with Crippen LogP contribution in [0.1, 0.15) is 11.1 Å². The number of benzene rings is 2. The van der Waals surface area contributed by atoms with Crippen molar-refractivity contribution < 1.29 is 14.3 Å². The van der Waals surface area contributed by atoms with E-state index in [1.165, 1.54) is 0 Å². The van der Waals surface area contributed by atoms with Crippen LogP contribution in [-0.4, -0.2) is 25.8 Å². The quantitative estimate of drug-likeness (QED) is 0.527. The summed E-state index contributed by atoms with van der Waals surface area (Å²) < 4.78 is 12.2. The number of hydrogen-bond acceptors (Lipinski definition) is 4. The van der Waals surface area contributed by atoms with Crippen LogP contribution < -0.4 is 14.9 Å². The molecule has 2 aromatic rings. The largest absolute Gasteiger partial charge is 0.494 e. The van der Waals surface area contributed by atoms with Crippen molar-refractivity contribution in [3.8, 4) is 11.5 Å². The van der Waals surface area contributed by atoms with Gasteiger partial charge in [0.1, 0.15) is 11.5 Å². The van der Waals surface area contributed by atoms with Crippen LogP contribution in [0.3, 0.4) is 0 Å². The molecule has 0 saturated heterocycles. The summed E-state index contributed by atoms with van der Waals surface area (Å²) in [6.45, 7) is 1.86. The highest BCUT2D eigenvalue weighted by Gasteiger charge is 2.07. The monoisotopic (exact) mass is 454 g/mol. The van der Waals surface area contributed by atoms with Gasteiger partial charge in [0.05, 0.1) is 22.3 Å². The number of ether oxygens (including phenoxy) is 2. The van der Waals surface area contributed by atoms with Crippen molar-refractivity contribution in [2.24, 2.45) is 5.10 Å². The summed E-state index contributed by atoms with van der Waals surface area (Å²) in [5.74, 6) is 1.01. The summed E-state index contributed by atoms with van der Waals surface area (Å²) in [7, 11) is 1.59. The summed E-state index contributed by atoms with van der Waals surface area (Å²) in [5, 5.41) is 3.92. The van der Waals surface area contributed by atoms with Gasteiger partial charge in [0.15, 0.2) is 6.61 Å². The maximum atomic E-state index is 11.7. The fourth-order valence-electron chi connectivity index (χ4n) is 1.91. The standard InChI is InChI=1S/C17H16Br2N2O3/c1-11-4-3-5-13(6-11)24-10-16(22)21-20-9-12-7-14(18)17(23-2)15(19)8-12/h3-9H,10H2,1-2H3,(H,21,22)/b20-9-. The van der Waals surface area contributed by atoms with Gasteiger partial charge >= 0.3 is 0 Å². The number of hydrazone groups is 1. The predicted molar refractivity (Wildman–Crippen MR) is 101 cm³/mol. The lowest BCUT2D eigenvalue weighted by Gasteiger charge is -2.07. The summed E-state index contributed by atoms with van der Waals surface area (Å²) in [4.78, 5) is 11.7. The molecule has 0 spiro atoms. The van der Waals surface area contributed by atoms with Crippen molar-refractivity contribution in [1.82, 2.24) is 5.43 Å². The van der Waals surface area contributed by atoms with Gasteiger partial charge in [0, 0.05) is 0 Å². The highest BCUT2D eigenvalue weighted by atomic mass is 79.9. The van der Waals surface area contributed by atoms with Gasteiger partial charge in [-0.3, -0.25) is 4.79 Å². The smallest absolute Gasteiger partial charge is 0.277 e. The Bertz CT molecular complexity index is 740. The molecule has 24 heavy (non-hydrogen) atoms. The van der Waals surface area contributed by atoms with Crippen LogP contribution >= 0.6 is 31.9 Å². The molecule has 126 valence electrons. The van der Waals surface area contributed by atoms with E-state index in [1.807, 2.05) is 37.3 Å². The van der Waals surface area contributed by atoms with Crippen molar-refractivity contribution in [3.63, 3.8) is 0 Å². The molecule has 0 aliphatic heterocycles. The van der Waals surface area contributed by atoms with E-state index in [-0.39, 0.29) is 12.5 Å². The Morgan fingerprint density at radius 1 is 1.25 bits per heavy atom. The zero-order chi connectivity index (χ0) is 17.5. The van der Waals surface area contributed by atoms with Gasteiger partial charge in [0.25, 0.3) is 5.91 Å². The molecule has 0 aromatic heterocycles. The van der Waals surface area contributed by atoms with Gasteiger partial charge in [-0.25, -0.2) is 5.43 Å². The number of nitrogens with one attached hydrogen (secondary N) is 1. The van der Waals surface area contributed by atoms with Crippen LogP contribution in [0.2, 0.25) is 0 Å². The molecule has 0 saturated carbocycles. The molecule has 0 heterocycles. The second-order valence-electron chi connectivity index (χ2n) is 4.92. The minimum absolute atomic E-state index is 0.100. The normalized spacial score (nSPS) is 10.7. The molecular weight excluding hydrogens is 440 g/mol. The summed E-state index contributed by atoms with van der Waals surface area (Å²) >= 11 is 6.82. The van der Waals surface area contributed by atoms with Gasteiger partial charge in [-0.1, -0.05) is 12.1 Å². The number of amides is 1. The Morgan fingerprint density at radius 2 is 1.96 bits per heavy atom. The zero-order valence-corrected chi connectivity index (χ0v) is 16.3. The molecule has 0 aliphatic carbocycles. The third-order valence-corrected chi connectivity index (χ3v) is 4.17. The molecule has 0 fully saturated rings. The van der Waals surface area contributed by atoms with Crippen molar-refractivity contribution in [1.29, 1.82) is 0 Å². The lowest BCUT2D eigenvalue weighted by atomic mass is 10.2. The van der Waals surface area contributed by atoms with Crippen molar-refractivity contribution in [3.05, 3.63) is 56.5 Å². The molecule has 0 aliphatic rings. The maximum absolute atomic E-state index is 11.7. The maximum Gasteiger partial charge on any atom is 0.277 e. The van der Waals surface area contributed by atoms with E-state index in [2.05, 4.69) is 42.4 Å². The van der Waals surface area contributed by atoms with Crippen LogP contribution in [-0.2, 0) is 4.79 Å². The molecule has 1 amide bonds. The van der Waals surface area contributed by atoms with Crippen molar-refractivity contribution >= 4 is 44.0 Å². The summed E-state index contributed by atoms with van der Waals surface area (Å²) in [6, 6.07) is 11.2. The van der Waals surface area contributed by atoms with Crippen molar-refractivity contribution in [2.75, 3.05) is 13.7 Å². The van der Waals surface area contributed by atoms with Gasteiger partial charge in [0.2, 0.25) is 0 Å². The number of halogens is 2. The lowest BCUT2D eigenvalue weighted by molar-refractivity contribution is -0.123. The van der Waals surface area contributed by atoms with Crippen LogP contribution in [0.4, 0.5) is 0 Å². The second-order valence-corrected chi connectivity index (χ2v) is 6.62. The molecule has 5 nitrogen and oxygen atoms in total. The number of hydrogen-bond donors (Lipinski definition) is 1. The molecular formula is C17H16Br2N2O3. The number of methoxy groups -OCH3 is 1. The van der Waals surface area contributed by atoms with Crippen molar-refractivity contribution in [2.45, 2.75) is 6.92 Å². The fraction of sp³-hybridized carbons (Fsp3) is 0.176. The third-order valence-electron chi connectivity index (χ3n) is 2.99. The highest BCUT2D eigenvalue weighted by Crippen LogP contribution is 2.33. The minimum atomic E-state index is -0.334. The molecule has 0 unspecified atom stereocenters. The lowest BCUT2D eigenvalue weighted by Crippen LogP contribution is -2.24. The first-order valence-corrected chi connectivity index (χ1v) is 8.62. The van der Waals surface area contributed by atoms with E-state index in [9.17, 15) is 4.79 Å². The Labute approximate surface area is 157 Å². The van der Waals surface area contributed by atoms with Gasteiger partial charge in [-0.05, 0) is 74.2 Å². The van der Waals surface area contributed by atoms with E-state index in [4.69, 9.17) is 9.47 Å². The first-order chi connectivity index (χ1) is 11.5. The molecule has 0 bridgehead atoms. The third kappa shape index (κ3) is 5.35. The molecule has 2 rings (SSSR count). The Kier molecular flexibility index (Phi) is 6.81. The van der Waals surface area contributed by atoms with E-state index >= 15 is 0 Å². The predicted octanol–water partition coefficient (Wildman–Crippen LogP) is 4.06. The number of carbonyl (C=O) groups excluding carboxylic acids is 1. The van der Waals surface area contributed by atoms with Crippen LogP contribution in [0.25, 0.3) is 0 Å². The first kappa shape index (κ1) is 18.5. The Morgan fingerprint density at radius 3 is 2.58 bits per heavy atom. The van der Waals surface area contributed by atoms with E-state index in [0.717, 1.165) is 20.1 Å².